The Morgan fingerprint density at radius 2 is 2.28 bits per heavy atom. The van der Waals surface area contributed by atoms with Crippen molar-refractivity contribution in [3.63, 3.8) is 0 Å². The lowest BCUT2D eigenvalue weighted by Gasteiger charge is -2.07. The molecule has 0 aliphatic heterocycles. The maximum Gasteiger partial charge on any atom is 0.224 e. The summed E-state index contributed by atoms with van der Waals surface area (Å²) in [5, 5.41) is 7.73. The van der Waals surface area contributed by atoms with Gasteiger partial charge in [-0.25, -0.2) is 9.67 Å². The van der Waals surface area contributed by atoms with Gasteiger partial charge in [0.15, 0.2) is 5.82 Å². The van der Waals surface area contributed by atoms with Crippen molar-refractivity contribution in [2.75, 3.05) is 11.9 Å². The second kappa shape index (κ2) is 4.40. The Kier molecular flexibility index (Phi) is 2.74. The third kappa shape index (κ3) is 2.08. The lowest BCUT2D eigenvalue weighted by Crippen LogP contribution is -2.08. The minimum Gasteiger partial charge on any atom is -0.354 e. The minimum absolute atomic E-state index is 0.654. The summed E-state index contributed by atoms with van der Waals surface area (Å²) in [6.45, 7) is 4.85. The number of aryl methyl sites for hydroxylation is 1. The van der Waals surface area contributed by atoms with E-state index < -0.39 is 0 Å². The quantitative estimate of drug-likeness (QED) is 0.895. The van der Waals surface area contributed by atoms with Crippen LogP contribution in [0, 0.1) is 6.92 Å². The van der Waals surface area contributed by atoms with E-state index in [1.165, 1.54) is 18.5 Å². The highest BCUT2D eigenvalue weighted by molar-refractivity contribution is 5.37. The molecular weight excluding hydrogens is 226 g/mol. The van der Waals surface area contributed by atoms with Crippen molar-refractivity contribution in [1.29, 1.82) is 0 Å². The zero-order valence-corrected chi connectivity index (χ0v) is 10.7. The van der Waals surface area contributed by atoms with Crippen molar-refractivity contribution in [1.82, 2.24) is 19.7 Å². The van der Waals surface area contributed by atoms with Crippen LogP contribution in [0.4, 0.5) is 5.95 Å². The molecule has 0 amide bonds. The predicted octanol–water partition coefficient (Wildman–Crippen LogP) is 2.28. The van der Waals surface area contributed by atoms with Gasteiger partial charge in [-0.3, -0.25) is 0 Å². The van der Waals surface area contributed by atoms with Gasteiger partial charge in [0.05, 0.1) is 5.69 Å². The van der Waals surface area contributed by atoms with Crippen molar-refractivity contribution in [3.8, 4) is 5.82 Å². The topological polar surface area (TPSA) is 55.6 Å². The van der Waals surface area contributed by atoms with Gasteiger partial charge in [0, 0.05) is 30.4 Å². The molecule has 5 nitrogen and oxygen atoms in total. The highest BCUT2D eigenvalue weighted by atomic mass is 15.3. The lowest BCUT2D eigenvalue weighted by molar-refractivity contribution is 0.800. The molecule has 0 bridgehead atoms. The molecule has 0 aromatic carbocycles. The normalized spacial score (nSPS) is 14.8. The zero-order valence-electron chi connectivity index (χ0n) is 10.7. The van der Waals surface area contributed by atoms with Crippen molar-refractivity contribution >= 4 is 5.95 Å². The first-order valence-electron chi connectivity index (χ1n) is 6.41. The average molecular weight is 243 g/mol. The smallest absolute Gasteiger partial charge is 0.224 e. The number of aromatic nitrogens is 4. The molecule has 94 valence electrons. The summed E-state index contributed by atoms with van der Waals surface area (Å²) in [7, 11) is 0. The SMILES string of the molecule is CCNc1ncc(C)c(-n2ccc(C3CC3)n2)n1. The Morgan fingerprint density at radius 1 is 1.44 bits per heavy atom. The van der Waals surface area contributed by atoms with Gasteiger partial charge in [-0.15, -0.1) is 0 Å². The molecule has 1 aliphatic carbocycles. The summed E-state index contributed by atoms with van der Waals surface area (Å²) in [4.78, 5) is 8.75. The maximum atomic E-state index is 4.60. The van der Waals surface area contributed by atoms with Gasteiger partial charge >= 0.3 is 0 Å². The summed E-state index contributed by atoms with van der Waals surface area (Å²) in [6, 6.07) is 2.09. The van der Waals surface area contributed by atoms with Crippen LogP contribution in [0.25, 0.3) is 5.82 Å². The molecule has 18 heavy (non-hydrogen) atoms. The largest absolute Gasteiger partial charge is 0.354 e. The fourth-order valence-corrected chi connectivity index (χ4v) is 1.96. The molecule has 1 aliphatic rings. The second-order valence-electron chi connectivity index (χ2n) is 4.69. The molecule has 0 atom stereocenters. The highest BCUT2D eigenvalue weighted by Crippen LogP contribution is 2.39. The summed E-state index contributed by atoms with van der Waals surface area (Å²) in [5.41, 5.74) is 2.21. The summed E-state index contributed by atoms with van der Waals surface area (Å²) < 4.78 is 1.85. The Morgan fingerprint density at radius 3 is 3.00 bits per heavy atom. The maximum absolute atomic E-state index is 4.60. The molecule has 3 rings (SSSR count). The third-order valence-corrected chi connectivity index (χ3v) is 3.10. The number of anilines is 1. The highest BCUT2D eigenvalue weighted by Gasteiger charge is 2.26. The van der Waals surface area contributed by atoms with Gasteiger partial charge in [0.25, 0.3) is 0 Å². The molecule has 0 saturated heterocycles. The molecule has 2 aromatic rings. The van der Waals surface area contributed by atoms with Crippen LogP contribution in [0.15, 0.2) is 18.5 Å². The average Bonchev–Trinajstić information content (AvgIpc) is 3.11. The fourth-order valence-electron chi connectivity index (χ4n) is 1.96. The Labute approximate surface area is 106 Å². The standard InChI is InChI=1S/C13H17N5/c1-3-14-13-15-8-9(2)12(16-13)18-7-6-11(17-18)10-4-5-10/h6-8,10H,3-5H2,1-2H3,(H,14,15,16). The predicted molar refractivity (Wildman–Crippen MR) is 70.0 cm³/mol. The number of rotatable bonds is 4. The van der Waals surface area contributed by atoms with Gasteiger partial charge in [-0.05, 0) is 32.8 Å². The van der Waals surface area contributed by atoms with Crippen LogP contribution in [-0.2, 0) is 0 Å². The third-order valence-electron chi connectivity index (χ3n) is 3.10. The summed E-state index contributed by atoms with van der Waals surface area (Å²) in [6.07, 6.45) is 6.35. The van der Waals surface area contributed by atoms with E-state index in [0.29, 0.717) is 11.9 Å². The van der Waals surface area contributed by atoms with Crippen molar-refractivity contribution in [2.45, 2.75) is 32.6 Å². The Hall–Kier alpha value is -1.91. The van der Waals surface area contributed by atoms with Crippen molar-refractivity contribution in [3.05, 3.63) is 29.7 Å². The van der Waals surface area contributed by atoms with E-state index >= 15 is 0 Å². The van der Waals surface area contributed by atoms with E-state index in [9.17, 15) is 0 Å². The first kappa shape index (κ1) is 11.2. The molecule has 1 saturated carbocycles. The van der Waals surface area contributed by atoms with Crippen molar-refractivity contribution < 1.29 is 0 Å². The van der Waals surface area contributed by atoms with E-state index in [4.69, 9.17) is 0 Å². The van der Waals surface area contributed by atoms with Crippen LogP contribution in [-0.4, -0.2) is 26.3 Å². The zero-order chi connectivity index (χ0) is 12.5. The molecule has 2 aromatic heterocycles. The van der Waals surface area contributed by atoms with Gasteiger partial charge in [-0.1, -0.05) is 0 Å². The molecule has 1 N–H and O–H groups in total. The molecular formula is C13H17N5. The van der Waals surface area contributed by atoms with Crippen LogP contribution in [0.1, 0.15) is 36.9 Å². The lowest BCUT2D eigenvalue weighted by atomic mass is 10.3. The monoisotopic (exact) mass is 243 g/mol. The summed E-state index contributed by atoms with van der Waals surface area (Å²) in [5.74, 6) is 2.18. The van der Waals surface area contributed by atoms with Crippen LogP contribution < -0.4 is 5.32 Å². The van der Waals surface area contributed by atoms with Crippen LogP contribution >= 0.6 is 0 Å². The van der Waals surface area contributed by atoms with Gasteiger partial charge in [-0.2, -0.15) is 10.1 Å². The van der Waals surface area contributed by atoms with E-state index in [2.05, 4.69) is 26.4 Å². The van der Waals surface area contributed by atoms with E-state index in [1.807, 2.05) is 30.9 Å². The Balaban J connectivity index is 1.95. The number of nitrogens with one attached hydrogen (secondary N) is 1. The second-order valence-corrected chi connectivity index (χ2v) is 4.69. The number of nitrogens with zero attached hydrogens (tertiary/aromatic N) is 4. The molecule has 0 unspecified atom stereocenters. The number of hydrogen-bond acceptors (Lipinski definition) is 4. The molecule has 0 spiro atoms. The van der Waals surface area contributed by atoms with Crippen molar-refractivity contribution in [2.24, 2.45) is 0 Å². The van der Waals surface area contributed by atoms with Crippen LogP contribution in [0.5, 0.6) is 0 Å². The Bertz CT molecular complexity index is 556. The summed E-state index contributed by atoms with van der Waals surface area (Å²) >= 11 is 0. The molecule has 0 radical (unpaired) electrons. The molecule has 2 heterocycles. The van der Waals surface area contributed by atoms with Gasteiger partial charge in [0.1, 0.15) is 0 Å². The van der Waals surface area contributed by atoms with E-state index in [1.54, 1.807) is 0 Å². The van der Waals surface area contributed by atoms with Crippen LogP contribution in [0.2, 0.25) is 0 Å². The minimum atomic E-state index is 0.654. The first-order valence-corrected chi connectivity index (χ1v) is 6.41. The fraction of sp³-hybridized carbons (Fsp3) is 0.462. The van der Waals surface area contributed by atoms with Gasteiger partial charge < -0.3 is 5.32 Å². The first-order chi connectivity index (χ1) is 8.78. The van der Waals surface area contributed by atoms with Crippen LogP contribution in [0.3, 0.4) is 0 Å². The molecule has 1 fully saturated rings. The molecule has 5 heteroatoms. The van der Waals surface area contributed by atoms with E-state index in [0.717, 1.165) is 17.9 Å². The van der Waals surface area contributed by atoms with E-state index in [-0.39, 0.29) is 0 Å². The van der Waals surface area contributed by atoms with Gasteiger partial charge in [0.2, 0.25) is 5.95 Å². The number of hydrogen-bond donors (Lipinski definition) is 1.